The molecule has 0 fully saturated rings. The van der Waals surface area contributed by atoms with Gasteiger partial charge in [0.25, 0.3) is 0 Å². The Labute approximate surface area is 172 Å². The van der Waals surface area contributed by atoms with Gasteiger partial charge in [0, 0.05) is 30.9 Å². The van der Waals surface area contributed by atoms with E-state index >= 15 is 0 Å². The third-order valence-corrected chi connectivity index (χ3v) is 5.51. The lowest BCUT2D eigenvalue weighted by Gasteiger charge is -2.12. The van der Waals surface area contributed by atoms with Gasteiger partial charge in [-0.2, -0.15) is 0 Å². The Balaban J connectivity index is 1.79. The third-order valence-electron chi connectivity index (χ3n) is 5.22. The van der Waals surface area contributed by atoms with Crippen molar-refractivity contribution in [1.29, 1.82) is 0 Å². The maximum Gasteiger partial charge on any atom is 0.138 e. The number of aliphatic imine (C=N–C) groups is 1. The van der Waals surface area contributed by atoms with Crippen molar-refractivity contribution in [2.75, 3.05) is 0 Å². The number of hydrogen-bond donors (Lipinski definition) is 1. The van der Waals surface area contributed by atoms with Crippen molar-refractivity contribution in [1.82, 2.24) is 14.5 Å². The number of hydrogen-bond acceptors (Lipinski definition) is 2. The second-order valence-corrected chi connectivity index (χ2v) is 7.47. The lowest BCUT2D eigenvalue weighted by atomic mass is 10.0. The van der Waals surface area contributed by atoms with Crippen LogP contribution in [0.25, 0.3) is 11.1 Å². The van der Waals surface area contributed by atoms with Gasteiger partial charge in [-0.25, -0.2) is 14.4 Å². The van der Waals surface area contributed by atoms with Crippen molar-refractivity contribution in [2.24, 2.45) is 4.99 Å². The van der Waals surface area contributed by atoms with Gasteiger partial charge >= 0.3 is 0 Å². The summed E-state index contributed by atoms with van der Waals surface area (Å²) in [6.45, 7) is 0.693. The van der Waals surface area contributed by atoms with E-state index in [0.29, 0.717) is 19.4 Å². The van der Waals surface area contributed by atoms with Crippen LogP contribution in [-0.4, -0.2) is 20.7 Å². The van der Waals surface area contributed by atoms with Crippen molar-refractivity contribution in [3.63, 3.8) is 0 Å². The molecule has 0 amide bonds. The summed E-state index contributed by atoms with van der Waals surface area (Å²) in [4.78, 5) is 12.4. The molecule has 5 rings (SSSR count). The van der Waals surface area contributed by atoms with Crippen LogP contribution in [0.2, 0.25) is 0 Å². The summed E-state index contributed by atoms with van der Waals surface area (Å²) < 4.78 is 15.9. The van der Waals surface area contributed by atoms with Crippen molar-refractivity contribution in [3.8, 4) is 0 Å². The predicted molar refractivity (Wildman–Crippen MR) is 114 cm³/mol. The molecule has 4 nitrogen and oxygen atoms in total. The quantitative estimate of drug-likeness (QED) is 0.686. The minimum Gasteiger partial charge on any atom is -0.346 e. The van der Waals surface area contributed by atoms with Crippen LogP contribution in [-0.2, 0) is 6.54 Å². The topological polar surface area (TPSA) is 46.0 Å². The number of H-pyrrole nitrogens is 1. The monoisotopic (exact) mass is 404 g/mol. The molecule has 6 heteroatoms. The van der Waals surface area contributed by atoms with Crippen LogP contribution in [0, 0.1) is 0 Å². The molecule has 144 valence electrons. The first kappa shape index (κ1) is 17.9. The summed E-state index contributed by atoms with van der Waals surface area (Å²) in [5.74, 6) is 0.462. The van der Waals surface area contributed by atoms with Crippen LogP contribution in [0.1, 0.15) is 24.0 Å². The van der Waals surface area contributed by atoms with E-state index < -0.39 is 0 Å². The number of benzene rings is 1. The molecule has 1 aliphatic heterocycles. The fourth-order valence-electron chi connectivity index (χ4n) is 3.85. The standard InChI is InChI=1S/C23H18ClFN4/c24-19-12-16(6-7-20(19)25)21-22(17-8-10-26-23-18(17)9-11-27-23)29(14-28-21)13-15-4-2-1-3-5-15/h1-5,7,9-12,14,27H,6,8,13H2. The summed E-state index contributed by atoms with van der Waals surface area (Å²) in [7, 11) is 0. The Bertz CT molecular complexity index is 1290. The Morgan fingerprint density at radius 3 is 2.83 bits per heavy atom. The molecule has 2 aromatic heterocycles. The maximum absolute atomic E-state index is 13.8. The Morgan fingerprint density at radius 2 is 2.00 bits per heavy atom. The second-order valence-electron chi connectivity index (χ2n) is 7.06. The summed E-state index contributed by atoms with van der Waals surface area (Å²) in [5.41, 5.74) is 4.30. The molecule has 0 spiro atoms. The zero-order chi connectivity index (χ0) is 19.8. The minimum absolute atomic E-state index is 0.118. The average molecular weight is 405 g/mol. The van der Waals surface area contributed by atoms with Gasteiger partial charge in [0.05, 0.1) is 22.1 Å². The van der Waals surface area contributed by atoms with Crippen molar-refractivity contribution < 1.29 is 4.39 Å². The number of imidazole rings is 1. The van der Waals surface area contributed by atoms with E-state index in [1.165, 1.54) is 11.6 Å². The average Bonchev–Trinajstić information content (AvgIpc) is 3.38. The number of nitrogens with zero attached hydrogens (tertiary/aromatic N) is 3. The fourth-order valence-corrected chi connectivity index (χ4v) is 4.06. The summed E-state index contributed by atoms with van der Waals surface area (Å²) >= 11 is 6.08. The molecule has 0 unspecified atom stereocenters. The van der Waals surface area contributed by atoms with Crippen LogP contribution in [0.15, 0.2) is 76.9 Å². The molecule has 3 aromatic rings. The SMILES string of the molecule is FC1=CCC(=c2ncn(Cc3ccccc3)c2=C2CC=Nc3[nH]ccc32)C=C1Cl. The molecular weight excluding hydrogens is 387 g/mol. The zero-order valence-electron chi connectivity index (χ0n) is 15.6. The summed E-state index contributed by atoms with van der Waals surface area (Å²) in [5, 5.41) is 1.97. The van der Waals surface area contributed by atoms with Gasteiger partial charge in [-0.05, 0) is 41.3 Å². The molecular formula is C23H18ClFN4. The highest BCUT2D eigenvalue weighted by Gasteiger charge is 2.18. The number of halogens is 2. The molecule has 1 aromatic carbocycles. The Kier molecular flexibility index (Phi) is 4.52. The van der Waals surface area contributed by atoms with Gasteiger partial charge in [0.2, 0.25) is 0 Å². The van der Waals surface area contributed by atoms with Crippen molar-refractivity contribution in [2.45, 2.75) is 19.4 Å². The van der Waals surface area contributed by atoms with Gasteiger partial charge in [-0.1, -0.05) is 41.9 Å². The fraction of sp³-hybridized carbons (Fsp3) is 0.130. The van der Waals surface area contributed by atoms with Gasteiger partial charge in [-0.15, -0.1) is 0 Å². The highest BCUT2D eigenvalue weighted by molar-refractivity contribution is 6.32. The Morgan fingerprint density at radius 1 is 1.14 bits per heavy atom. The van der Waals surface area contributed by atoms with E-state index in [1.54, 1.807) is 6.08 Å². The highest BCUT2D eigenvalue weighted by atomic mass is 35.5. The first-order valence-corrected chi connectivity index (χ1v) is 9.83. The number of aromatic amines is 1. The number of aromatic nitrogens is 3. The van der Waals surface area contributed by atoms with Gasteiger partial charge in [0.1, 0.15) is 11.6 Å². The van der Waals surface area contributed by atoms with Crippen LogP contribution in [0.5, 0.6) is 0 Å². The van der Waals surface area contributed by atoms with Gasteiger partial charge in [-0.3, -0.25) is 0 Å². The maximum atomic E-state index is 13.8. The van der Waals surface area contributed by atoms with Crippen LogP contribution in [0.3, 0.4) is 0 Å². The van der Waals surface area contributed by atoms with E-state index in [4.69, 9.17) is 16.6 Å². The lowest BCUT2D eigenvalue weighted by Crippen LogP contribution is -2.35. The number of allylic oxidation sites excluding steroid dienone is 4. The first-order chi connectivity index (χ1) is 14.2. The van der Waals surface area contributed by atoms with E-state index in [2.05, 4.69) is 26.7 Å². The van der Waals surface area contributed by atoms with Crippen LogP contribution < -0.4 is 10.7 Å². The molecule has 2 aliphatic rings. The van der Waals surface area contributed by atoms with Gasteiger partial charge < -0.3 is 9.55 Å². The van der Waals surface area contributed by atoms with E-state index in [0.717, 1.165) is 33.2 Å². The lowest BCUT2D eigenvalue weighted by molar-refractivity contribution is 0.656. The normalized spacial score (nSPS) is 19.7. The van der Waals surface area contributed by atoms with Gasteiger partial charge in [0.15, 0.2) is 0 Å². The number of fused-ring (bicyclic) bond motifs is 1. The molecule has 1 N–H and O–H groups in total. The number of nitrogens with one attached hydrogen (secondary N) is 1. The molecule has 0 bridgehead atoms. The predicted octanol–water partition coefficient (Wildman–Crippen LogP) is 4.10. The van der Waals surface area contributed by atoms with Crippen molar-refractivity contribution in [3.05, 3.63) is 93.8 Å². The molecule has 29 heavy (non-hydrogen) atoms. The second kappa shape index (κ2) is 7.33. The van der Waals surface area contributed by atoms with E-state index in [1.807, 2.05) is 43.0 Å². The smallest absolute Gasteiger partial charge is 0.138 e. The largest absolute Gasteiger partial charge is 0.346 e. The minimum atomic E-state index is -0.383. The third kappa shape index (κ3) is 3.28. The number of rotatable bonds is 2. The van der Waals surface area contributed by atoms with Crippen LogP contribution >= 0.6 is 11.6 Å². The van der Waals surface area contributed by atoms with E-state index in [-0.39, 0.29) is 10.9 Å². The molecule has 0 atom stereocenters. The molecule has 0 radical (unpaired) electrons. The zero-order valence-corrected chi connectivity index (χ0v) is 16.3. The molecule has 1 aliphatic carbocycles. The highest BCUT2D eigenvalue weighted by Crippen LogP contribution is 2.29. The molecule has 0 saturated carbocycles. The summed E-state index contributed by atoms with van der Waals surface area (Å²) in [6, 6.07) is 12.3. The molecule has 0 saturated heterocycles. The van der Waals surface area contributed by atoms with E-state index in [9.17, 15) is 4.39 Å². The van der Waals surface area contributed by atoms with Crippen LogP contribution in [0.4, 0.5) is 10.2 Å². The Hall–Kier alpha value is -3.18. The molecule has 3 heterocycles. The first-order valence-electron chi connectivity index (χ1n) is 9.45. The van der Waals surface area contributed by atoms with Crippen molar-refractivity contribution >= 4 is 34.8 Å². The summed E-state index contributed by atoms with van der Waals surface area (Å²) in [6.07, 6.45) is 10.0.